The van der Waals surface area contributed by atoms with Gasteiger partial charge in [-0.2, -0.15) is 0 Å². The number of fused-ring (bicyclic) bond motifs is 1. The first kappa shape index (κ1) is 26.8. The van der Waals surface area contributed by atoms with Gasteiger partial charge in [-0.25, -0.2) is 0 Å². The van der Waals surface area contributed by atoms with Crippen molar-refractivity contribution >= 4 is 56.0 Å². The molecule has 0 saturated carbocycles. The van der Waals surface area contributed by atoms with Crippen LogP contribution in [0.25, 0.3) is 33.0 Å². The number of halogens is 2. The number of hydrogen-bond acceptors (Lipinski definition) is 0. The smallest absolute Gasteiger partial charge is 0.0334 e. The molecule has 0 saturated heterocycles. The normalized spacial score (nSPS) is 11.4. The third kappa shape index (κ3) is 5.82. The molecule has 0 N–H and O–H groups in total. The molecular weight excluding hydrogens is 662 g/mol. The van der Waals surface area contributed by atoms with Crippen LogP contribution in [0.15, 0.2) is 72.8 Å². The van der Waals surface area contributed by atoms with E-state index in [1.165, 1.54) is 44.2 Å². The fourth-order valence-electron chi connectivity index (χ4n) is 4.41. The molecule has 4 rings (SSSR count). The van der Waals surface area contributed by atoms with Gasteiger partial charge in [-0.3, -0.25) is 0 Å². The van der Waals surface area contributed by atoms with Gasteiger partial charge in [-0.15, -0.1) is 0 Å². The third-order valence-corrected chi connectivity index (χ3v) is 7.14. The summed E-state index contributed by atoms with van der Waals surface area (Å²) in [6.07, 6.45) is 0. The Morgan fingerprint density at radius 3 is 1.22 bits per heavy atom. The van der Waals surface area contributed by atoms with E-state index in [1.807, 2.05) is 0 Å². The molecule has 0 nitrogen and oxygen atoms in total. The molecule has 36 heavy (non-hydrogen) atoms. The van der Waals surface area contributed by atoms with Crippen molar-refractivity contribution in [2.75, 3.05) is 0 Å². The fraction of sp³-hybridized carbons (Fsp3) is 0.235. The topological polar surface area (TPSA) is 0 Å². The first-order valence-corrected chi connectivity index (χ1v) is 14.2. The molecule has 0 bridgehead atoms. The van der Waals surface area contributed by atoms with E-state index in [0.29, 0.717) is 0 Å². The highest BCUT2D eigenvalue weighted by Gasteiger charge is 2.17. The summed E-state index contributed by atoms with van der Waals surface area (Å²) in [7, 11) is 0. The Labute approximate surface area is 243 Å². The summed E-state index contributed by atoms with van der Waals surface area (Å²) >= 11 is 4.25. The third-order valence-electron chi connectivity index (χ3n) is 6.60. The van der Waals surface area contributed by atoms with Crippen LogP contribution in [0.4, 0.5) is 0 Å². The Kier molecular flexibility index (Phi) is 7.89. The van der Waals surface area contributed by atoms with Crippen molar-refractivity contribution in [2.24, 2.45) is 0 Å². The maximum absolute atomic E-state index is 3.32. The van der Waals surface area contributed by atoms with Gasteiger partial charge in [0.15, 0.2) is 0 Å². The van der Waals surface area contributed by atoms with Gasteiger partial charge in [0, 0.05) is 56.3 Å². The Balaban J connectivity index is 1.79. The number of rotatable bonds is 2. The van der Waals surface area contributed by atoms with Crippen LogP contribution in [0.1, 0.15) is 63.8 Å². The zero-order valence-electron chi connectivity index (χ0n) is 21.7. The van der Waals surface area contributed by atoms with Gasteiger partial charge in [0.1, 0.15) is 0 Å². The zero-order chi connectivity index (χ0) is 26.1. The van der Waals surface area contributed by atoms with Crippen molar-refractivity contribution in [3.8, 4) is 41.9 Å². The predicted octanol–water partition coefficient (Wildman–Crippen LogP) is 10.3. The minimum atomic E-state index is 0.0889. The van der Waals surface area contributed by atoms with Crippen molar-refractivity contribution in [3.63, 3.8) is 0 Å². The summed E-state index contributed by atoms with van der Waals surface area (Å²) in [6.45, 7) is 13.4. The van der Waals surface area contributed by atoms with E-state index in [4.69, 9.17) is 0 Å². The van der Waals surface area contributed by atoms with Crippen molar-refractivity contribution in [2.45, 2.75) is 52.4 Å². The Bertz CT molecular complexity index is 1450. The molecule has 0 unspecified atom stereocenters. The van der Waals surface area contributed by atoms with Crippen LogP contribution in [0.5, 0.6) is 0 Å². The summed E-state index contributed by atoms with van der Waals surface area (Å²) in [5.74, 6) is 6.64. The van der Waals surface area contributed by atoms with Crippen LogP contribution in [-0.2, 0) is 10.8 Å². The molecule has 0 radical (unpaired) electrons. The Morgan fingerprint density at radius 2 is 0.889 bits per heavy atom. The number of hydrogen-bond donors (Lipinski definition) is 0. The molecule has 4 aromatic carbocycles. The van der Waals surface area contributed by atoms with Gasteiger partial charge in [0.25, 0.3) is 0 Å². The van der Waals surface area contributed by atoms with Crippen molar-refractivity contribution in [1.29, 1.82) is 0 Å². The first-order chi connectivity index (χ1) is 17.0. The molecule has 0 atom stereocenters. The minimum Gasteiger partial charge on any atom is -0.0578 e. The van der Waals surface area contributed by atoms with Crippen LogP contribution in [-0.4, -0.2) is 0 Å². The maximum atomic E-state index is 3.32. The highest BCUT2D eigenvalue weighted by Crippen LogP contribution is 2.34. The van der Waals surface area contributed by atoms with Gasteiger partial charge >= 0.3 is 0 Å². The molecule has 0 amide bonds. The van der Waals surface area contributed by atoms with Gasteiger partial charge in [-0.05, 0) is 87.1 Å². The quantitative estimate of drug-likeness (QED) is 0.145. The Hall–Kier alpha value is -2.28. The summed E-state index contributed by atoms with van der Waals surface area (Å²) < 4.78 is 6.15. The summed E-state index contributed by atoms with van der Waals surface area (Å²) in [4.78, 5) is 0. The lowest BCUT2D eigenvalue weighted by Crippen LogP contribution is -2.11. The zero-order valence-corrected chi connectivity index (χ0v) is 26.0. The molecule has 0 aliphatic rings. The second-order valence-electron chi connectivity index (χ2n) is 11.2. The summed E-state index contributed by atoms with van der Waals surface area (Å²) in [5, 5.41) is 2.44. The molecule has 0 fully saturated rings. The van der Waals surface area contributed by atoms with Gasteiger partial charge in [0.2, 0.25) is 0 Å². The largest absolute Gasteiger partial charge is 0.0578 e. The van der Waals surface area contributed by atoms with Crippen LogP contribution in [0, 0.1) is 19.7 Å². The second-order valence-corrected chi connectivity index (χ2v) is 12.3. The van der Waals surface area contributed by atoms with E-state index < -0.39 is 0 Å². The molecule has 0 spiro atoms. The molecule has 0 heterocycles. The highest BCUT2D eigenvalue weighted by molar-refractivity contribution is 14.1. The van der Waals surface area contributed by atoms with Crippen molar-refractivity contribution < 1.29 is 0 Å². The van der Waals surface area contributed by atoms with E-state index in [0.717, 1.165) is 11.1 Å². The molecule has 0 aliphatic carbocycles. The number of benzene rings is 4. The molecule has 4 aromatic rings. The van der Waals surface area contributed by atoms with E-state index in [9.17, 15) is 0 Å². The van der Waals surface area contributed by atoms with Crippen LogP contribution in [0.3, 0.4) is 0 Å². The SMILES string of the molecule is CC(C)(C)c1ccc(-c2ccc3cc(-c4ccc(C(C)(C)C)cc4C#CI)ccc3c2)c(C#CI)c1. The molecule has 2 heteroatoms. The van der Waals surface area contributed by atoms with E-state index in [2.05, 4.69) is 179 Å². The van der Waals surface area contributed by atoms with Crippen LogP contribution >= 0.6 is 45.2 Å². The second kappa shape index (κ2) is 10.6. The lowest BCUT2D eigenvalue weighted by atomic mass is 9.84. The van der Waals surface area contributed by atoms with Gasteiger partial charge < -0.3 is 0 Å². The summed E-state index contributed by atoms with van der Waals surface area (Å²) in [5.41, 5.74) is 9.67. The van der Waals surface area contributed by atoms with Crippen molar-refractivity contribution in [3.05, 3.63) is 95.1 Å². The standard InChI is InChI=1S/C34H30I2/c1-33(2,3)29-11-13-31(27(21-29)15-17-35)25-9-7-24-20-26(10-8-23(24)19-25)32-14-12-30(34(4,5)6)22-28(32)16-18-36/h7-14,19-22H,1-6H3. The average Bonchev–Trinajstić information content (AvgIpc) is 2.83. The van der Waals surface area contributed by atoms with Gasteiger partial charge in [-0.1, -0.05) is 102 Å². The average molecular weight is 692 g/mol. The lowest BCUT2D eigenvalue weighted by molar-refractivity contribution is 0.590. The van der Waals surface area contributed by atoms with E-state index in [1.54, 1.807) is 0 Å². The van der Waals surface area contributed by atoms with Gasteiger partial charge in [0.05, 0.1) is 0 Å². The highest BCUT2D eigenvalue weighted by atomic mass is 127. The Morgan fingerprint density at radius 1 is 0.500 bits per heavy atom. The van der Waals surface area contributed by atoms with Crippen LogP contribution in [0.2, 0.25) is 0 Å². The lowest BCUT2D eigenvalue weighted by Gasteiger charge is -2.21. The molecule has 0 aromatic heterocycles. The molecule has 180 valence electrons. The van der Waals surface area contributed by atoms with Crippen molar-refractivity contribution in [1.82, 2.24) is 0 Å². The first-order valence-electron chi connectivity index (χ1n) is 12.1. The van der Waals surface area contributed by atoms with Crippen LogP contribution < -0.4 is 0 Å². The monoisotopic (exact) mass is 692 g/mol. The predicted molar refractivity (Wildman–Crippen MR) is 174 cm³/mol. The minimum absolute atomic E-state index is 0.0889. The summed E-state index contributed by atoms with van der Waals surface area (Å²) in [6, 6.07) is 26.8. The van der Waals surface area contributed by atoms with E-state index >= 15 is 0 Å². The fourth-order valence-corrected chi connectivity index (χ4v) is 5.00. The maximum Gasteiger partial charge on any atom is 0.0334 e. The molecular formula is C34H30I2. The van der Waals surface area contributed by atoms with E-state index in [-0.39, 0.29) is 10.8 Å². The molecule has 0 aliphatic heterocycles.